The first-order chi connectivity index (χ1) is 9.41. The van der Waals surface area contributed by atoms with E-state index in [9.17, 15) is 9.00 Å². The first kappa shape index (κ1) is 13.5. The molecule has 1 aromatic heterocycles. The van der Waals surface area contributed by atoms with E-state index in [1.807, 2.05) is 0 Å². The highest BCUT2D eigenvalue weighted by atomic mass is 32.2. The van der Waals surface area contributed by atoms with E-state index in [0.29, 0.717) is 19.4 Å². The molecule has 1 unspecified atom stereocenters. The molecule has 0 bridgehead atoms. The average Bonchev–Trinajstić information content (AvgIpc) is 2.87. The molecule has 1 heterocycles. The summed E-state index contributed by atoms with van der Waals surface area (Å²) in [6.45, 7) is 0.546. The van der Waals surface area contributed by atoms with Gasteiger partial charge in [-0.05, 0) is 25.7 Å². The molecule has 2 saturated carbocycles. The third kappa shape index (κ3) is 2.44. The van der Waals surface area contributed by atoms with Gasteiger partial charge in [0.25, 0.3) is 0 Å². The Labute approximate surface area is 118 Å². The van der Waals surface area contributed by atoms with Crippen LogP contribution in [-0.4, -0.2) is 43.2 Å². The topological polar surface area (TPSA) is 101 Å². The Bertz CT molecular complexity index is 600. The van der Waals surface area contributed by atoms with Crippen molar-refractivity contribution < 1.29 is 9.00 Å². The van der Waals surface area contributed by atoms with Gasteiger partial charge in [-0.15, -0.1) is 0 Å². The molecule has 2 N–H and O–H groups in total. The van der Waals surface area contributed by atoms with Crippen molar-refractivity contribution in [3.05, 3.63) is 12.4 Å². The number of nitrogens with one attached hydrogen (secondary N) is 2. The molecule has 2 aliphatic carbocycles. The highest BCUT2D eigenvalue weighted by molar-refractivity contribution is 7.92. The minimum absolute atomic E-state index is 0.00308. The normalized spacial score (nSPS) is 30.1. The van der Waals surface area contributed by atoms with Crippen molar-refractivity contribution in [2.24, 2.45) is 5.92 Å². The quantitative estimate of drug-likeness (QED) is 0.818. The second-order valence-corrected chi connectivity index (χ2v) is 8.43. The lowest BCUT2D eigenvalue weighted by molar-refractivity contribution is -0.127. The number of carbonyl (C=O) groups is 1. The molecule has 0 saturated heterocycles. The molecule has 8 heteroatoms. The maximum Gasteiger partial charge on any atom is 0.223 e. The fourth-order valence-corrected chi connectivity index (χ4v) is 3.79. The van der Waals surface area contributed by atoms with E-state index >= 15 is 0 Å². The summed E-state index contributed by atoms with van der Waals surface area (Å²) in [6.07, 6.45) is 7.83. The number of hydrogen-bond acceptors (Lipinski definition) is 5. The lowest BCUT2D eigenvalue weighted by Crippen LogP contribution is -2.46. The summed E-state index contributed by atoms with van der Waals surface area (Å²) < 4.78 is 19.0. The summed E-state index contributed by atoms with van der Waals surface area (Å²) in [5.74, 6) is -0.0872. The Kier molecular flexibility index (Phi) is 3.07. The Morgan fingerprint density at radius 3 is 2.55 bits per heavy atom. The van der Waals surface area contributed by atoms with E-state index < -0.39 is 9.73 Å². The molecule has 0 radical (unpaired) electrons. The van der Waals surface area contributed by atoms with Crippen molar-refractivity contribution >= 4 is 15.6 Å². The van der Waals surface area contributed by atoms with E-state index in [4.69, 9.17) is 4.78 Å². The molecule has 0 aliphatic heterocycles. The van der Waals surface area contributed by atoms with Gasteiger partial charge in [0.05, 0.1) is 17.9 Å². The molecular weight excluding hydrogens is 278 g/mol. The van der Waals surface area contributed by atoms with Gasteiger partial charge in [0, 0.05) is 33.7 Å². The highest BCUT2D eigenvalue weighted by Crippen LogP contribution is 2.42. The number of amides is 1. The molecular formula is C12H19N5O2S. The van der Waals surface area contributed by atoms with Gasteiger partial charge in [0.1, 0.15) is 0 Å². The van der Waals surface area contributed by atoms with E-state index in [2.05, 4.69) is 15.5 Å². The fourth-order valence-electron chi connectivity index (χ4n) is 2.60. The van der Waals surface area contributed by atoms with Crippen molar-refractivity contribution in [1.82, 2.24) is 20.3 Å². The summed E-state index contributed by atoms with van der Waals surface area (Å²) in [5, 5.41) is 11.1. The van der Waals surface area contributed by atoms with Gasteiger partial charge < -0.3 is 5.32 Å². The minimum atomic E-state index is -2.50. The van der Waals surface area contributed by atoms with Gasteiger partial charge in [0.15, 0.2) is 0 Å². The zero-order valence-corrected chi connectivity index (χ0v) is 12.2. The summed E-state index contributed by atoms with van der Waals surface area (Å²) >= 11 is 0. The van der Waals surface area contributed by atoms with Gasteiger partial charge in [-0.2, -0.15) is 15.0 Å². The van der Waals surface area contributed by atoms with Crippen LogP contribution in [0, 0.1) is 10.7 Å². The zero-order valence-electron chi connectivity index (χ0n) is 11.4. The number of rotatable bonds is 5. The number of carbonyl (C=O) groups excluding carboxylic acids is 1. The monoisotopic (exact) mass is 297 g/mol. The van der Waals surface area contributed by atoms with Crippen molar-refractivity contribution in [2.75, 3.05) is 12.8 Å². The van der Waals surface area contributed by atoms with Crippen LogP contribution in [0.5, 0.6) is 0 Å². The second kappa shape index (κ2) is 4.54. The molecule has 110 valence electrons. The summed E-state index contributed by atoms with van der Waals surface area (Å²) in [6, 6.07) is 0. The first-order valence-corrected chi connectivity index (χ1v) is 8.81. The predicted molar refractivity (Wildman–Crippen MR) is 73.5 cm³/mol. The lowest BCUT2D eigenvalue weighted by atomic mass is 9.84. The van der Waals surface area contributed by atoms with Crippen LogP contribution < -0.4 is 5.32 Å². The van der Waals surface area contributed by atoms with Crippen LogP contribution in [0.4, 0.5) is 0 Å². The maximum absolute atomic E-state index is 12.0. The van der Waals surface area contributed by atoms with Crippen molar-refractivity contribution in [3.8, 4) is 0 Å². The zero-order chi connectivity index (χ0) is 14.4. The molecule has 7 nitrogen and oxygen atoms in total. The summed E-state index contributed by atoms with van der Waals surface area (Å²) in [5.41, 5.74) is -0.143. The molecule has 2 fully saturated rings. The van der Waals surface area contributed by atoms with Gasteiger partial charge in [-0.3, -0.25) is 9.57 Å². The Balaban J connectivity index is 1.50. The third-order valence-corrected chi connectivity index (χ3v) is 6.02. The van der Waals surface area contributed by atoms with Crippen LogP contribution in [0.15, 0.2) is 12.4 Å². The van der Waals surface area contributed by atoms with Crippen LogP contribution in [0.3, 0.4) is 0 Å². The van der Waals surface area contributed by atoms with Crippen molar-refractivity contribution in [3.63, 3.8) is 0 Å². The van der Waals surface area contributed by atoms with Gasteiger partial charge in [0.2, 0.25) is 5.91 Å². The Morgan fingerprint density at radius 1 is 1.45 bits per heavy atom. The Morgan fingerprint density at radius 2 is 2.05 bits per heavy atom. The molecule has 1 amide bonds. The molecule has 3 rings (SSSR count). The summed E-state index contributed by atoms with van der Waals surface area (Å²) in [4.78, 5) is 13.7. The lowest BCUT2D eigenvalue weighted by Gasteiger charge is -2.34. The van der Waals surface area contributed by atoms with Gasteiger partial charge in [-0.25, -0.2) is 4.21 Å². The molecule has 1 atom stereocenters. The molecule has 0 spiro atoms. The van der Waals surface area contributed by atoms with Crippen molar-refractivity contribution in [1.29, 1.82) is 4.78 Å². The van der Waals surface area contributed by atoms with Crippen LogP contribution in [0.1, 0.15) is 25.7 Å². The van der Waals surface area contributed by atoms with Crippen LogP contribution in [0.25, 0.3) is 0 Å². The molecule has 0 aromatic carbocycles. The first-order valence-electron chi connectivity index (χ1n) is 6.78. The third-order valence-electron chi connectivity index (χ3n) is 4.36. The van der Waals surface area contributed by atoms with Crippen LogP contribution >= 0.6 is 0 Å². The standard InChI is InChI=1S/C12H19N5O2S/c1-20(13,19)10-6-9(7-10)11(18)14-8-12(2-3-12)17-15-4-5-16-17/h4-5,9-10,13H,2-3,6-8H2,1H3,(H,14,18). The highest BCUT2D eigenvalue weighted by Gasteiger charge is 2.47. The molecule has 2 aliphatic rings. The van der Waals surface area contributed by atoms with Gasteiger partial charge >= 0.3 is 0 Å². The van der Waals surface area contributed by atoms with Crippen LogP contribution in [0.2, 0.25) is 0 Å². The SMILES string of the molecule is CS(=N)(=O)C1CC(C(=O)NCC2(n3nccn3)CC2)C1. The minimum Gasteiger partial charge on any atom is -0.353 e. The number of hydrogen-bond donors (Lipinski definition) is 2. The van der Waals surface area contributed by atoms with Crippen molar-refractivity contribution in [2.45, 2.75) is 36.5 Å². The fraction of sp³-hybridized carbons (Fsp3) is 0.750. The molecule has 20 heavy (non-hydrogen) atoms. The average molecular weight is 297 g/mol. The number of nitrogens with zero attached hydrogens (tertiary/aromatic N) is 3. The second-order valence-electron chi connectivity index (χ2n) is 5.95. The van der Waals surface area contributed by atoms with Gasteiger partial charge in [-0.1, -0.05) is 0 Å². The van der Waals surface area contributed by atoms with E-state index in [1.54, 1.807) is 17.2 Å². The summed E-state index contributed by atoms with van der Waals surface area (Å²) in [7, 11) is -2.50. The van der Waals surface area contributed by atoms with E-state index in [1.165, 1.54) is 6.26 Å². The maximum atomic E-state index is 12.0. The predicted octanol–water partition coefficient (Wildman–Crippen LogP) is 0.339. The number of aromatic nitrogens is 3. The van der Waals surface area contributed by atoms with E-state index in [-0.39, 0.29) is 22.6 Å². The van der Waals surface area contributed by atoms with E-state index in [0.717, 1.165) is 12.8 Å². The Hall–Kier alpha value is -1.44. The largest absolute Gasteiger partial charge is 0.353 e. The molecule has 1 aromatic rings. The van der Waals surface area contributed by atoms with Crippen LogP contribution in [-0.2, 0) is 20.1 Å². The smallest absolute Gasteiger partial charge is 0.223 e.